The third-order valence-corrected chi connectivity index (χ3v) is 4.74. The molecule has 1 aromatic heterocycles. The molecule has 0 spiro atoms. The molecular formula is C17H28N4O2. The van der Waals surface area contributed by atoms with Crippen molar-refractivity contribution < 1.29 is 9.47 Å². The molecule has 2 fully saturated rings. The van der Waals surface area contributed by atoms with Gasteiger partial charge in [0.05, 0.1) is 25.4 Å². The molecule has 1 aliphatic carbocycles. The van der Waals surface area contributed by atoms with Crippen LogP contribution in [0.3, 0.4) is 0 Å². The van der Waals surface area contributed by atoms with E-state index in [1.807, 2.05) is 13.0 Å². The summed E-state index contributed by atoms with van der Waals surface area (Å²) in [5, 5.41) is 3.66. The summed E-state index contributed by atoms with van der Waals surface area (Å²) in [6.45, 7) is 7.34. The maximum Gasteiger partial charge on any atom is 0.226 e. The first-order chi connectivity index (χ1) is 11.3. The van der Waals surface area contributed by atoms with Crippen LogP contribution in [0.25, 0.3) is 0 Å². The van der Waals surface area contributed by atoms with Crippen molar-refractivity contribution in [3.8, 4) is 5.88 Å². The number of ether oxygens (including phenoxy) is 2. The molecule has 6 heteroatoms. The first-order valence-electron chi connectivity index (χ1n) is 8.84. The normalized spacial score (nSPS) is 21.8. The Balaban J connectivity index is 1.71. The number of hydrogen-bond donors (Lipinski definition) is 1. The second-order valence-electron chi connectivity index (χ2n) is 6.51. The Labute approximate surface area is 138 Å². The van der Waals surface area contributed by atoms with E-state index in [1.54, 1.807) is 6.20 Å². The van der Waals surface area contributed by atoms with Gasteiger partial charge in [-0.3, -0.25) is 4.90 Å². The number of anilines is 1. The van der Waals surface area contributed by atoms with Crippen molar-refractivity contribution in [1.82, 2.24) is 14.9 Å². The van der Waals surface area contributed by atoms with Gasteiger partial charge in [-0.2, -0.15) is 4.98 Å². The minimum absolute atomic E-state index is 0.0699. The molecule has 2 aliphatic rings. The van der Waals surface area contributed by atoms with Gasteiger partial charge in [0, 0.05) is 31.9 Å². The van der Waals surface area contributed by atoms with Crippen molar-refractivity contribution in [1.29, 1.82) is 0 Å². The van der Waals surface area contributed by atoms with Gasteiger partial charge in [-0.25, -0.2) is 4.98 Å². The number of aromatic nitrogens is 2. The SMILES string of the molecule is CCOc1ccnc(NC2(CN3CCOCC3)CCCCC2)n1. The van der Waals surface area contributed by atoms with Crippen LogP contribution in [0.1, 0.15) is 39.0 Å². The molecule has 0 aromatic carbocycles. The zero-order valence-corrected chi connectivity index (χ0v) is 14.1. The first-order valence-corrected chi connectivity index (χ1v) is 8.84. The van der Waals surface area contributed by atoms with Gasteiger partial charge in [0.1, 0.15) is 0 Å². The fourth-order valence-corrected chi connectivity index (χ4v) is 3.61. The van der Waals surface area contributed by atoms with Gasteiger partial charge in [0.2, 0.25) is 11.8 Å². The highest BCUT2D eigenvalue weighted by molar-refractivity contribution is 5.32. The summed E-state index contributed by atoms with van der Waals surface area (Å²) in [4.78, 5) is 11.4. The van der Waals surface area contributed by atoms with Crippen molar-refractivity contribution in [3.05, 3.63) is 12.3 Å². The Hall–Kier alpha value is -1.40. The van der Waals surface area contributed by atoms with E-state index in [-0.39, 0.29) is 5.54 Å². The van der Waals surface area contributed by atoms with Crippen LogP contribution in [0.4, 0.5) is 5.95 Å². The zero-order valence-electron chi connectivity index (χ0n) is 14.1. The van der Waals surface area contributed by atoms with Crippen LogP contribution >= 0.6 is 0 Å². The molecule has 0 bridgehead atoms. The molecule has 0 unspecified atom stereocenters. The van der Waals surface area contributed by atoms with Crippen molar-refractivity contribution >= 4 is 5.95 Å². The predicted octanol–water partition coefficient (Wildman–Crippen LogP) is 2.32. The van der Waals surface area contributed by atoms with Gasteiger partial charge in [-0.15, -0.1) is 0 Å². The van der Waals surface area contributed by atoms with Gasteiger partial charge in [0.25, 0.3) is 0 Å². The van der Waals surface area contributed by atoms with Gasteiger partial charge < -0.3 is 14.8 Å². The average Bonchev–Trinajstić information content (AvgIpc) is 2.57. The van der Waals surface area contributed by atoms with E-state index in [0.717, 1.165) is 32.8 Å². The van der Waals surface area contributed by atoms with Crippen molar-refractivity contribution in [2.24, 2.45) is 0 Å². The molecule has 1 N–H and O–H groups in total. The minimum atomic E-state index is 0.0699. The van der Waals surface area contributed by atoms with Crippen LogP contribution in [-0.4, -0.2) is 59.9 Å². The third kappa shape index (κ3) is 4.54. The van der Waals surface area contributed by atoms with E-state index < -0.39 is 0 Å². The molecule has 2 heterocycles. The predicted molar refractivity (Wildman–Crippen MR) is 89.9 cm³/mol. The van der Waals surface area contributed by atoms with Crippen LogP contribution in [-0.2, 0) is 4.74 Å². The second-order valence-corrected chi connectivity index (χ2v) is 6.51. The maximum atomic E-state index is 5.50. The fraction of sp³-hybridized carbons (Fsp3) is 0.765. The van der Waals surface area contributed by atoms with Gasteiger partial charge >= 0.3 is 0 Å². The monoisotopic (exact) mass is 320 g/mol. The Bertz CT molecular complexity index is 485. The summed E-state index contributed by atoms with van der Waals surface area (Å²) >= 11 is 0. The lowest BCUT2D eigenvalue weighted by Gasteiger charge is -2.42. The highest BCUT2D eigenvalue weighted by Gasteiger charge is 2.35. The van der Waals surface area contributed by atoms with Crippen LogP contribution in [0.5, 0.6) is 5.88 Å². The summed E-state index contributed by atoms with van der Waals surface area (Å²) in [6.07, 6.45) is 7.97. The topological polar surface area (TPSA) is 59.5 Å². The minimum Gasteiger partial charge on any atom is -0.478 e. The first kappa shape index (κ1) is 16.5. The molecule has 128 valence electrons. The van der Waals surface area contributed by atoms with Gasteiger partial charge in [-0.1, -0.05) is 19.3 Å². The van der Waals surface area contributed by atoms with E-state index in [0.29, 0.717) is 18.4 Å². The van der Waals surface area contributed by atoms with Crippen molar-refractivity contribution in [2.45, 2.75) is 44.6 Å². The van der Waals surface area contributed by atoms with E-state index in [4.69, 9.17) is 9.47 Å². The fourth-order valence-electron chi connectivity index (χ4n) is 3.61. The molecule has 0 atom stereocenters. The zero-order chi connectivity index (χ0) is 16.0. The molecule has 3 rings (SSSR count). The molecule has 23 heavy (non-hydrogen) atoms. The van der Waals surface area contributed by atoms with Crippen LogP contribution in [0.15, 0.2) is 12.3 Å². The Morgan fingerprint density at radius 1 is 1.26 bits per heavy atom. The molecule has 0 radical (unpaired) electrons. The smallest absolute Gasteiger partial charge is 0.226 e. The molecule has 1 aromatic rings. The largest absolute Gasteiger partial charge is 0.478 e. The lowest BCUT2D eigenvalue weighted by Crippen LogP contribution is -2.53. The van der Waals surface area contributed by atoms with Crippen LogP contribution in [0, 0.1) is 0 Å². The summed E-state index contributed by atoms with van der Waals surface area (Å²) < 4.78 is 11.0. The number of nitrogens with zero attached hydrogens (tertiary/aromatic N) is 3. The molecule has 6 nitrogen and oxygen atoms in total. The van der Waals surface area contributed by atoms with Gasteiger partial charge in [0.15, 0.2) is 0 Å². The average molecular weight is 320 g/mol. The number of nitrogens with one attached hydrogen (secondary N) is 1. The molecule has 1 saturated carbocycles. The number of rotatable bonds is 6. The maximum absolute atomic E-state index is 5.50. The molecule has 0 amide bonds. The van der Waals surface area contributed by atoms with Crippen LogP contribution in [0.2, 0.25) is 0 Å². The second kappa shape index (κ2) is 7.93. The lowest BCUT2D eigenvalue weighted by molar-refractivity contribution is 0.0259. The van der Waals surface area contributed by atoms with Gasteiger partial charge in [-0.05, 0) is 19.8 Å². The quantitative estimate of drug-likeness (QED) is 0.868. The van der Waals surface area contributed by atoms with E-state index >= 15 is 0 Å². The summed E-state index contributed by atoms with van der Waals surface area (Å²) in [5.74, 6) is 1.33. The summed E-state index contributed by atoms with van der Waals surface area (Å²) in [6, 6.07) is 1.81. The summed E-state index contributed by atoms with van der Waals surface area (Å²) in [5.41, 5.74) is 0.0699. The molecule has 1 saturated heterocycles. The van der Waals surface area contributed by atoms with E-state index in [9.17, 15) is 0 Å². The lowest BCUT2D eigenvalue weighted by atomic mass is 9.81. The molecular weight excluding hydrogens is 292 g/mol. The highest BCUT2D eigenvalue weighted by Crippen LogP contribution is 2.32. The van der Waals surface area contributed by atoms with Crippen molar-refractivity contribution in [2.75, 3.05) is 44.8 Å². The van der Waals surface area contributed by atoms with Crippen LogP contribution < -0.4 is 10.1 Å². The van der Waals surface area contributed by atoms with Crippen molar-refractivity contribution in [3.63, 3.8) is 0 Å². The summed E-state index contributed by atoms with van der Waals surface area (Å²) in [7, 11) is 0. The number of hydrogen-bond acceptors (Lipinski definition) is 6. The Morgan fingerprint density at radius 3 is 2.78 bits per heavy atom. The Morgan fingerprint density at radius 2 is 2.04 bits per heavy atom. The third-order valence-electron chi connectivity index (χ3n) is 4.74. The van der Waals surface area contributed by atoms with E-state index in [2.05, 4.69) is 20.2 Å². The number of morpholine rings is 1. The van der Waals surface area contributed by atoms with E-state index in [1.165, 1.54) is 32.1 Å². The highest BCUT2D eigenvalue weighted by atomic mass is 16.5. The standard InChI is InChI=1S/C17H28N4O2/c1-2-23-15-6-9-18-16(19-15)20-17(7-4-3-5-8-17)14-21-10-12-22-13-11-21/h6,9H,2-5,7-8,10-14H2,1H3,(H,18,19,20). The Kier molecular flexibility index (Phi) is 5.67. The molecule has 1 aliphatic heterocycles.